The predicted octanol–water partition coefficient (Wildman–Crippen LogP) is 6.16. The normalized spacial score (nSPS) is 10.8. The van der Waals surface area contributed by atoms with E-state index in [2.05, 4.69) is 48.6 Å². The van der Waals surface area contributed by atoms with Crippen LogP contribution in [0.1, 0.15) is 5.56 Å². The van der Waals surface area contributed by atoms with Crippen LogP contribution in [0.3, 0.4) is 0 Å². The summed E-state index contributed by atoms with van der Waals surface area (Å²) in [5.41, 5.74) is 3.17. The van der Waals surface area contributed by atoms with Gasteiger partial charge in [-0.2, -0.15) is 0 Å². The highest BCUT2D eigenvalue weighted by atomic mass is 16.5. The maximum Gasteiger partial charge on any atom is 0.206 e. The monoisotopic (exact) mass is 329 g/mol. The van der Waals surface area contributed by atoms with Crippen molar-refractivity contribution in [2.45, 2.75) is 6.92 Å². The van der Waals surface area contributed by atoms with Gasteiger partial charge in [-0.15, -0.1) is 0 Å². The summed E-state index contributed by atoms with van der Waals surface area (Å²) < 4.78 is 11.7. The topological polar surface area (TPSA) is 34.4 Å². The SMILES string of the molecule is COc1ccccc1Nc1oc(-c2ccc(C)cc2)c2ccccc12. The van der Waals surface area contributed by atoms with Gasteiger partial charge in [-0.25, -0.2) is 0 Å². The zero-order valence-electron chi connectivity index (χ0n) is 14.2. The number of para-hydroxylation sites is 2. The number of methoxy groups -OCH3 is 1. The van der Waals surface area contributed by atoms with E-state index < -0.39 is 0 Å². The molecule has 0 aliphatic heterocycles. The van der Waals surface area contributed by atoms with E-state index in [9.17, 15) is 0 Å². The minimum Gasteiger partial charge on any atom is -0.495 e. The lowest BCUT2D eigenvalue weighted by Gasteiger charge is -2.09. The summed E-state index contributed by atoms with van der Waals surface area (Å²) in [4.78, 5) is 0. The molecule has 3 heteroatoms. The Balaban J connectivity index is 1.84. The first-order chi connectivity index (χ1) is 12.3. The minimum absolute atomic E-state index is 0.718. The third-order valence-electron chi connectivity index (χ3n) is 4.29. The Morgan fingerprint density at radius 3 is 2.24 bits per heavy atom. The number of nitrogens with one attached hydrogen (secondary N) is 1. The van der Waals surface area contributed by atoms with E-state index in [0.717, 1.165) is 39.4 Å². The second-order valence-corrected chi connectivity index (χ2v) is 6.00. The summed E-state index contributed by atoms with van der Waals surface area (Å²) in [6.07, 6.45) is 0. The number of hydrogen-bond donors (Lipinski definition) is 1. The maximum absolute atomic E-state index is 6.23. The van der Waals surface area contributed by atoms with Gasteiger partial charge in [0.15, 0.2) is 0 Å². The summed E-state index contributed by atoms with van der Waals surface area (Å²) in [6, 6.07) is 24.4. The number of anilines is 2. The number of hydrogen-bond acceptors (Lipinski definition) is 3. The van der Waals surface area contributed by atoms with E-state index >= 15 is 0 Å². The fraction of sp³-hybridized carbons (Fsp3) is 0.0909. The molecule has 124 valence electrons. The highest BCUT2D eigenvalue weighted by Crippen LogP contribution is 2.39. The van der Waals surface area contributed by atoms with Crippen LogP contribution in [0.5, 0.6) is 5.75 Å². The Hall–Kier alpha value is -3.20. The van der Waals surface area contributed by atoms with Crippen LogP contribution in [0.25, 0.3) is 22.1 Å². The van der Waals surface area contributed by atoms with Crippen molar-refractivity contribution in [3.63, 3.8) is 0 Å². The van der Waals surface area contributed by atoms with Crippen molar-refractivity contribution < 1.29 is 9.15 Å². The van der Waals surface area contributed by atoms with Crippen LogP contribution in [0.4, 0.5) is 11.6 Å². The molecule has 0 aliphatic carbocycles. The van der Waals surface area contributed by atoms with E-state index in [1.807, 2.05) is 36.4 Å². The molecule has 25 heavy (non-hydrogen) atoms. The van der Waals surface area contributed by atoms with Crippen LogP contribution in [0.15, 0.2) is 77.2 Å². The van der Waals surface area contributed by atoms with Crippen LogP contribution < -0.4 is 10.1 Å². The lowest BCUT2D eigenvalue weighted by atomic mass is 10.1. The van der Waals surface area contributed by atoms with Crippen molar-refractivity contribution in [3.8, 4) is 17.1 Å². The Labute approximate surface area is 146 Å². The molecular formula is C22H19NO2. The van der Waals surface area contributed by atoms with Gasteiger partial charge in [-0.1, -0.05) is 60.2 Å². The van der Waals surface area contributed by atoms with Crippen molar-refractivity contribution in [2.24, 2.45) is 0 Å². The second-order valence-electron chi connectivity index (χ2n) is 6.00. The molecule has 0 spiro atoms. The zero-order valence-corrected chi connectivity index (χ0v) is 14.2. The molecule has 0 bridgehead atoms. The van der Waals surface area contributed by atoms with Gasteiger partial charge in [0.05, 0.1) is 12.8 Å². The van der Waals surface area contributed by atoms with Crippen molar-refractivity contribution >= 4 is 22.3 Å². The third-order valence-corrected chi connectivity index (χ3v) is 4.29. The Bertz CT molecular complexity index is 1020. The first-order valence-electron chi connectivity index (χ1n) is 8.25. The standard InChI is InChI=1S/C22H19NO2/c1-15-11-13-16(14-12-15)21-17-7-3-4-8-18(17)22(25-21)23-19-9-5-6-10-20(19)24-2/h3-14,23H,1-2H3. The zero-order chi connectivity index (χ0) is 17.2. The number of furan rings is 1. The Morgan fingerprint density at radius 2 is 1.48 bits per heavy atom. The molecule has 0 atom stereocenters. The summed E-state index contributed by atoms with van der Waals surface area (Å²) in [7, 11) is 1.67. The smallest absolute Gasteiger partial charge is 0.206 e. The average Bonchev–Trinajstić information content (AvgIpc) is 3.02. The molecule has 3 aromatic carbocycles. The number of ether oxygens (including phenoxy) is 1. The van der Waals surface area contributed by atoms with E-state index in [4.69, 9.17) is 9.15 Å². The molecule has 0 amide bonds. The molecule has 1 aromatic heterocycles. The van der Waals surface area contributed by atoms with Crippen molar-refractivity contribution in [2.75, 3.05) is 12.4 Å². The van der Waals surface area contributed by atoms with Gasteiger partial charge in [0.1, 0.15) is 11.5 Å². The van der Waals surface area contributed by atoms with E-state index in [1.165, 1.54) is 5.56 Å². The molecule has 1 N–H and O–H groups in total. The maximum atomic E-state index is 6.23. The largest absolute Gasteiger partial charge is 0.495 e. The van der Waals surface area contributed by atoms with Gasteiger partial charge >= 0.3 is 0 Å². The number of aryl methyl sites for hydroxylation is 1. The third kappa shape index (κ3) is 2.85. The molecule has 4 rings (SSSR count). The van der Waals surface area contributed by atoms with Gasteiger partial charge in [0.25, 0.3) is 0 Å². The number of benzene rings is 3. The molecule has 0 aliphatic rings. The van der Waals surface area contributed by atoms with Crippen LogP contribution in [0.2, 0.25) is 0 Å². The fourth-order valence-electron chi connectivity index (χ4n) is 2.97. The van der Waals surface area contributed by atoms with E-state index in [0.29, 0.717) is 0 Å². The Morgan fingerprint density at radius 1 is 0.800 bits per heavy atom. The number of rotatable bonds is 4. The average molecular weight is 329 g/mol. The molecule has 4 aromatic rings. The van der Waals surface area contributed by atoms with Crippen molar-refractivity contribution in [1.82, 2.24) is 0 Å². The molecule has 0 saturated heterocycles. The molecule has 0 unspecified atom stereocenters. The molecule has 0 saturated carbocycles. The second kappa shape index (κ2) is 6.36. The molecular weight excluding hydrogens is 310 g/mol. The minimum atomic E-state index is 0.718. The van der Waals surface area contributed by atoms with Gasteiger partial charge in [0, 0.05) is 16.3 Å². The lowest BCUT2D eigenvalue weighted by Crippen LogP contribution is -1.93. The van der Waals surface area contributed by atoms with Gasteiger partial charge < -0.3 is 14.5 Å². The van der Waals surface area contributed by atoms with Crippen molar-refractivity contribution in [3.05, 3.63) is 78.4 Å². The highest BCUT2D eigenvalue weighted by molar-refractivity contribution is 6.02. The van der Waals surface area contributed by atoms with E-state index in [-0.39, 0.29) is 0 Å². The molecule has 0 fully saturated rings. The van der Waals surface area contributed by atoms with Crippen LogP contribution in [-0.4, -0.2) is 7.11 Å². The summed E-state index contributed by atoms with van der Waals surface area (Å²) in [6.45, 7) is 2.08. The van der Waals surface area contributed by atoms with Gasteiger partial charge in [-0.05, 0) is 25.1 Å². The van der Waals surface area contributed by atoms with Gasteiger partial charge in [-0.3, -0.25) is 0 Å². The fourth-order valence-corrected chi connectivity index (χ4v) is 2.97. The Kier molecular flexibility index (Phi) is 3.90. The number of fused-ring (bicyclic) bond motifs is 1. The quantitative estimate of drug-likeness (QED) is 0.487. The molecule has 3 nitrogen and oxygen atoms in total. The van der Waals surface area contributed by atoms with Crippen LogP contribution in [-0.2, 0) is 0 Å². The van der Waals surface area contributed by atoms with Gasteiger partial charge in [0.2, 0.25) is 5.88 Å². The highest BCUT2D eigenvalue weighted by Gasteiger charge is 2.15. The summed E-state index contributed by atoms with van der Waals surface area (Å²) in [5.74, 6) is 2.36. The van der Waals surface area contributed by atoms with Crippen LogP contribution >= 0.6 is 0 Å². The first-order valence-corrected chi connectivity index (χ1v) is 8.25. The molecule has 0 radical (unpaired) electrons. The van der Waals surface area contributed by atoms with E-state index in [1.54, 1.807) is 7.11 Å². The summed E-state index contributed by atoms with van der Waals surface area (Å²) >= 11 is 0. The lowest BCUT2D eigenvalue weighted by molar-refractivity contribution is 0.416. The van der Waals surface area contributed by atoms with Crippen LogP contribution in [0, 0.1) is 6.92 Å². The molecule has 1 heterocycles. The summed E-state index contributed by atoms with van der Waals surface area (Å²) in [5, 5.41) is 5.51. The predicted molar refractivity (Wildman–Crippen MR) is 103 cm³/mol. The van der Waals surface area contributed by atoms with Crippen molar-refractivity contribution in [1.29, 1.82) is 0 Å². The first kappa shape index (κ1) is 15.3.